The first kappa shape index (κ1) is 17.6. The number of nitrogens with two attached hydrogens (primary N) is 1. The smallest absolute Gasteiger partial charge is 0.248 e. The molecular weight excluding hydrogens is 362 g/mol. The summed E-state index contributed by atoms with van der Waals surface area (Å²) in [7, 11) is 0. The molecule has 2 aliphatic rings. The Balaban J connectivity index is 2.13. The summed E-state index contributed by atoms with van der Waals surface area (Å²) in [6, 6.07) is 8.71. The van der Waals surface area contributed by atoms with Gasteiger partial charge in [0, 0.05) is 16.9 Å². The fraction of sp³-hybridized carbons (Fsp3) is 0.263. The van der Waals surface area contributed by atoms with Crippen LogP contribution in [0.1, 0.15) is 36.6 Å². The van der Waals surface area contributed by atoms with E-state index in [9.17, 15) is 20.0 Å². The zero-order valence-electron chi connectivity index (χ0n) is 15.1. The number of anilines is 1. The minimum Gasteiger partial charge on any atom is -0.548 e. The molecule has 4 rings (SSSR count). The third-order valence-corrected chi connectivity index (χ3v) is 5.11. The van der Waals surface area contributed by atoms with Crippen molar-refractivity contribution in [2.75, 3.05) is 11.4 Å². The number of nitrogens with zero attached hydrogens (tertiary/aromatic N) is 3. The average molecular weight is 378 g/mol. The Bertz CT molecular complexity index is 1090. The fourth-order valence-electron chi connectivity index (χ4n) is 4.02. The van der Waals surface area contributed by atoms with Crippen LogP contribution in [0.5, 0.6) is 5.88 Å². The molecule has 3 N–H and O–H groups in total. The molecule has 1 aromatic carbocycles. The molecule has 2 aliphatic heterocycles. The predicted octanol–water partition coefficient (Wildman–Crippen LogP) is 0.00198. The maximum absolute atomic E-state index is 13.7. The highest BCUT2D eigenvalue weighted by Gasteiger charge is 2.61. The summed E-state index contributed by atoms with van der Waals surface area (Å²) in [4.78, 5) is 26.1. The van der Waals surface area contributed by atoms with Crippen molar-refractivity contribution in [3.63, 3.8) is 0 Å². The number of ether oxygens (including phenoxy) is 1. The molecule has 0 radical (unpaired) electrons. The van der Waals surface area contributed by atoms with E-state index in [1.54, 1.807) is 24.3 Å². The van der Waals surface area contributed by atoms with E-state index in [1.165, 1.54) is 0 Å². The number of carboxylic acids is 1. The first-order valence-corrected chi connectivity index (χ1v) is 8.62. The van der Waals surface area contributed by atoms with Gasteiger partial charge in [-0.2, -0.15) is 5.26 Å². The maximum atomic E-state index is 13.7. The zero-order valence-corrected chi connectivity index (χ0v) is 15.1. The van der Waals surface area contributed by atoms with Crippen LogP contribution in [0.4, 0.5) is 5.69 Å². The average Bonchev–Trinajstić information content (AvgIpc) is 3.16. The van der Waals surface area contributed by atoms with Crippen molar-refractivity contribution in [3.8, 4) is 11.9 Å². The van der Waals surface area contributed by atoms with Crippen LogP contribution in [-0.2, 0) is 15.0 Å². The van der Waals surface area contributed by atoms with E-state index in [4.69, 9.17) is 10.5 Å². The van der Waals surface area contributed by atoms with E-state index in [-0.39, 0.29) is 23.3 Å². The second kappa shape index (κ2) is 5.85. The van der Waals surface area contributed by atoms with Gasteiger partial charge in [0.2, 0.25) is 17.7 Å². The van der Waals surface area contributed by atoms with Gasteiger partial charge in [-0.25, -0.2) is 0 Å². The number of H-pyrrole nitrogens is 1. The number of aromatic nitrogens is 2. The number of carbonyl (C=O) groups excluding carboxylic acids is 2. The molecule has 0 aliphatic carbocycles. The summed E-state index contributed by atoms with van der Waals surface area (Å²) >= 11 is 0. The topological polar surface area (TPSA) is 148 Å². The first-order chi connectivity index (χ1) is 13.3. The van der Waals surface area contributed by atoms with Crippen molar-refractivity contribution in [2.45, 2.75) is 25.2 Å². The van der Waals surface area contributed by atoms with Crippen LogP contribution < -0.4 is 20.5 Å². The second-order valence-corrected chi connectivity index (χ2v) is 6.96. The fourth-order valence-corrected chi connectivity index (χ4v) is 4.02. The van der Waals surface area contributed by atoms with Gasteiger partial charge in [-0.3, -0.25) is 9.89 Å². The summed E-state index contributed by atoms with van der Waals surface area (Å²) in [6.45, 7) is 3.15. The molecule has 3 heterocycles. The van der Waals surface area contributed by atoms with Crippen molar-refractivity contribution in [1.82, 2.24) is 10.2 Å². The van der Waals surface area contributed by atoms with Crippen molar-refractivity contribution in [1.29, 1.82) is 5.26 Å². The molecule has 0 unspecified atom stereocenters. The normalized spacial score (nSPS) is 20.2. The summed E-state index contributed by atoms with van der Waals surface area (Å²) in [5.41, 5.74) is 6.08. The number of carbonyl (C=O) groups is 2. The van der Waals surface area contributed by atoms with Gasteiger partial charge in [0.05, 0.1) is 18.1 Å². The lowest BCUT2D eigenvalue weighted by Crippen LogP contribution is -2.49. The number of fused-ring (bicyclic) bond motifs is 4. The molecule has 142 valence electrons. The van der Waals surface area contributed by atoms with Crippen molar-refractivity contribution >= 4 is 17.6 Å². The highest BCUT2D eigenvalue weighted by molar-refractivity contribution is 6.15. The third-order valence-electron chi connectivity index (χ3n) is 5.11. The minimum absolute atomic E-state index is 0.0776. The Labute approximate surface area is 160 Å². The van der Waals surface area contributed by atoms with Crippen molar-refractivity contribution in [2.24, 2.45) is 5.73 Å². The molecule has 1 aromatic heterocycles. The molecule has 9 heteroatoms. The van der Waals surface area contributed by atoms with Gasteiger partial charge >= 0.3 is 0 Å². The van der Waals surface area contributed by atoms with Crippen LogP contribution in [0.3, 0.4) is 0 Å². The monoisotopic (exact) mass is 378 g/mol. The van der Waals surface area contributed by atoms with Crippen molar-refractivity contribution < 1.29 is 19.4 Å². The summed E-state index contributed by atoms with van der Waals surface area (Å²) in [5, 5.41) is 28.2. The van der Waals surface area contributed by atoms with E-state index >= 15 is 0 Å². The van der Waals surface area contributed by atoms with Gasteiger partial charge in [-0.05, 0) is 12.0 Å². The molecular formula is C19H16N5O4-. The van der Waals surface area contributed by atoms with Gasteiger partial charge in [-0.1, -0.05) is 32.0 Å². The summed E-state index contributed by atoms with van der Waals surface area (Å²) < 4.78 is 5.53. The van der Waals surface area contributed by atoms with E-state index in [0.717, 1.165) is 4.90 Å². The number of aromatic amines is 1. The lowest BCUT2D eigenvalue weighted by atomic mass is 9.68. The van der Waals surface area contributed by atoms with Crippen LogP contribution in [0.2, 0.25) is 0 Å². The largest absolute Gasteiger partial charge is 0.548 e. The Morgan fingerprint density at radius 2 is 2.18 bits per heavy atom. The van der Waals surface area contributed by atoms with Gasteiger partial charge in [0.1, 0.15) is 17.1 Å². The molecule has 28 heavy (non-hydrogen) atoms. The number of carboxylic acid groups (broad SMARTS) is 1. The number of benzene rings is 1. The standard InChI is InChI=1S/C19H17N5O4/c1-9(2)15-14-17(23-22-15)28-16(21)11(7-20)19(14)10-5-3-4-6-12(10)24(18(19)27)8-13(25)26/h3-6,9H,8,21H2,1-2H3,(H,22,23)(H,25,26)/p-1/t19-/m0/s1. The van der Waals surface area contributed by atoms with Gasteiger partial charge in [-0.15, -0.1) is 5.10 Å². The van der Waals surface area contributed by atoms with Crippen LogP contribution in [0.15, 0.2) is 35.7 Å². The number of nitrogens with one attached hydrogen (secondary N) is 1. The number of para-hydroxylation sites is 1. The van der Waals surface area contributed by atoms with Crippen LogP contribution in [0, 0.1) is 11.3 Å². The summed E-state index contributed by atoms with van der Waals surface area (Å²) in [6.07, 6.45) is 0. The predicted molar refractivity (Wildman–Crippen MR) is 94.7 cm³/mol. The molecule has 0 saturated heterocycles. The number of hydrogen-bond acceptors (Lipinski definition) is 7. The minimum atomic E-state index is -1.63. The molecule has 0 fully saturated rings. The highest BCUT2D eigenvalue weighted by atomic mass is 16.5. The lowest BCUT2D eigenvalue weighted by Gasteiger charge is -2.33. The quantitative estimate of drug-likeness (QED) is 0.764. The lowest BCUT2D eigenvalue weighted by molar-refractivity contribution is -0.303. The van der Waals surface area contributed by atoms with E-state index < -0.39 is 23.8 Å². The number of nitriles is 1. The Morgan fingerprint density at radius 3 is 2.82 bits per heavy atom. The van der Waals surface area contributed by atoms with E-state index in [0.29, 0.717) is 22.5 Å². The highest BCUT2D eigenvalue weighted by Crippen LogP contribution is 2.56. The van der Waals surface area contributed by atoms with Crippen LogP contribution in [0.25, 0.3) is 0 Å². The molecule has 1 amide bonds. The van der Waals surface area contributed by atoms with E-state index in [2.05, 4.69) is 10.2 Å². The van der Waals surface area contributed by atoms with E-state index in [1.807, 2.05) is 19.9 Å². The van der Waals surface area contributed by atoms with Crippen LogP contribution in [-0.4, -0.2) is 28.6 Å². The SMILES string of the molecule is CC(C)c1[nH]nc2c1[C@@]1(C(=O)N(CC(=O)[O-])c3ccccc31)C(C#N)=C(N)O2. The number of hydrogen-bond donors (Lipinski definition) is 2. The molecule has 0 saturated carbocycles. The Kier molecular flexibility index (Phi) is 3.68. The maximum Gasteiger partial charge on any atom is 0.248 e. The molecule has 1 atom stereocenters. The van der Waals surface area contributed by atoms with Gasteiger partial charge in [0.25, 0.3) is 0 Å². The second-order valence-electron chi connectivity index (χ2n) is 6.96. The molecule has 1 spiro atoms. The number of amides is 1. The Hall–Kier alpha value is -3.80. The van der Waals surface area contributed by atoms with Gasteiger partial charge in [0.15, 0.2) is 0 Å². The zero-order chi connectivity index (χ0) is 20.2. The van der Waals surface area contributed by atoms with Gasteiger partial charge < -0.3 is 25.3 Å². The number of rotatable bonds is 3. The molecule has 0 bridgehead atoms. The molecule has 2 aromatic rings. The molecule has 9 nitrogen and oxygen atoms in total. The Morgan fingerprint density at radius 1 is 1.46 bits per heavy atom. The van der Waals surface area contributed by atoms with Crippen LogP contribution >= 0.6 is 0 Å². The third kappa shape index (κ3) is 2.02. The first-order valence-electron chi connectivity index (χ1n) is 8.62. The van der Waals surface area contributed by atoms with Crippen molar-refractivity contribution in [3.05, 3.63) is 52.5 Å². The summed E-state index contributed by atoms with van der Waals surface area (Å²) in [5.74, 6) is -2.25. The number of aliphatic carboxylic acids is 1.